The zero-order valence-electron chi connectivity index (χ0n) is 10.7. The monoisotopic (exact) mass is 287 g/mol. The van der Waals surface area contributed by atoms with Gasteiger partial charge in [0.25, 0.3) is 0 Å². The topological polar surface area (TPSA) is 65.1 Å². The molecule has 0 atom stereocenters. The zero-order chi connectivity index (χ0) is 13.7. The first-order chi connectivity index (χ1) is 9.13. The van der Waals surface area contributed by atoms with Gasteiger partial charge in [0.15, 0.2) is 17.4 Å². The molecule has 0 unspecified atom stereocenters. The van der Waals surface area contributed by atoms with Crippen LogP contribution in [0.2, 0.25) is 0 Å². The second-order valence-electron chi connectivity index (χ2n) is 4.04. The highest BCUT2D eigenvalue weighted by molar-refractivity contribution is 7.88. The molecule has 106 valence electrons. The fourth-order valence-electron chi connectivity index (χ4n) is 1.79. The number of rotatable bonds is 5. The molecule has 0 aromatic heterocycles. The Labute approximate surface area is 112 Å². The second kappa shape index (κ2) is 6.23. The van der Waals surface area contributed by atoms with Gasteiger partial charge in [-0.3, -0.25) is 0 Å². The molecule has 0 amide bonds. The number of hydrogen-bond acceptors (Lipinski definition) is 5. The van der Waals surface area contributed by atoms with Gasteiger partial charge in [-0.25, -0.2) is 8.42 Å². The van der Waals surface area contributed by atoms with E-state index in [1.54, 1.807) is 19.2 Å². The summed E-state index contributed by atoms with van der Waals surface area (Å²) in [5, 5.41) is 0. The number of benzene rings is 1. The minimum Gasteiger partial charge on any atom is -0.493 e. The van der Waals surface area contributed by atoms with Crippen molar-refractivity contribution >= 4 is 10.0 Å². The van der Waals surface area contributed by atoms with Gasteiger partial charge in [0.05, 0.1) is 13.7 Å². The maximum Gasteiger partial charge on any atom is 0.238 e. The predicted octanol–water partition coefficient (Wildman–Crippen LogP) is 0.694. The van der Waals surface area contributed by atoms with Crippen LogP contribution in [0.4, 0.5) is 0 Å². The Bertz CT molecular complexity index is 517. The van der Waals surface area contributed by atoms with Crippen molar-refractivity contribution in [2.45, 2.75) is 0 Å². The summed E-state index contributed by atoms with van der Waals surface area (Å²) in [6.07, 6.45) is 0. The van der Waals surface area contributed by atoms with Crippen LogP contribution in [0.1, 0.15) is 0 Å². The molecule has 1 heterocycles. The summed E-state index contributed by atoms with van der Waals surface area (Å²) in [5.74, 6) is 0.991. The lowest BCUT2D eigenvalue weighted by Crippen LogP contribution is -2.43. The number of sulfonamides is 1. The summed E-state index contributed by atoms with van der Waals surface area (Å²) >= 11 is 0. The molecule has 1 aliphatic rings. The number of methoxy groups -OCH3 is 1. The summed E-state index contributed by atoms with van der Waals surface area (Å²) in [6.45, 7) is 1.38. The highest BCUT2D eigenvalue weighted by Gasteiger charge is 2.26. The summed E-state index contributed by atoms with van der Waals surface area (Å²) < 4.78 is 40.3. The molecule has 1 fully saturated rings. The van der Waals surface area contributed by atoms with Crippen LogP contribution in [0.5, 0.6) is 11.5 Å². The van der Waals surface area contributed by atoms with Crippen molar-refractivity contribution in [2.75, 3.05) is 39.4 Å². The molecule has 2 rings (SSSR count). The smallest absolute Gasteiger partial charge is 0.238 e. The van der Waals surface area contributed by atoms with Gasteiger partial charge in [-0.1, -0.05) is 12.1 Å². The van der Waals surface area contributed by atoms with Gasteiger partial charge in [-0.2, -0.15) is 4.31 Å². The molecular weight excluding hydrogens is 270 g/mol. The molecule has 0 N–H and O–H groups in total. The Morgan fingerprint density at radius 2 is 2.05 bits per heavy atom. The van der Waals surface area contributed by atoms with Gasteiger partial charge in [0, 0.05) is 13.1 Å². The van der Waals surface area contributed by atoms with E-state index >= 15 is 0 Å². The third-order valence-electron chi connectivity index (χ3n) is 2.78. The summed E-state index contributed by atoms with van der Waals surface area (Å²) in [5.41, 5.74) is 0. The number of hydrogen-bond donors (Lipinski definition) is 0. The Hall–Kier alpha value is -1.31. The van der Waals surface area contributed by atoms with Crippen molar-refractivity contribution < 1.29 is 22.6 Å². The number of para-hydroxylation sites is 2. The first-order valence-electron chi connectivity index (χ1n) is 5.95. The Kier molecular flexibility index (Phi) is 4.62. The van der Waals surface area contributed by atoms with Crippen molar-refractivity contribution in [3.8, 4) is 11.5 Å². The van der Waals surface area contributed by atoms with Gasteiger partial charge in [-0.05, 0) is 12.1 Å². The van der Waals surface area contributed by atoms with Gasteiger partial charge < -0.3 is 14.2 Å². The quantitative estimate of drug-likeness (QED) is 0.797. The second-order valence-corrected chi connectivity index (χ2v) is 5.95. The molecule has 1 aliphatic heterocycles. The van der Waals surface area contributed by atoms with Gasteiger partial charge >= 0.3 is 0 Å². The average Bonchev–Trinajstić information content (AvgIpc) is 2.41. The van der Waals surface area contributed by atoms with Crippen LogP contribution in [0.15, 0.2) is 24.3 Å². The fraction of sp³-hybridized carbons (Fsp3) is 0.500. The zero-order valence-corrected chi connectivity index (χ0v) is 11.6. The molecule has 6 nitrogen and oxygen atoms in total. The molecule has 19 heavy (non-hydrogen) atoms. The minimum absolute atomic E-state index is 0.248. The van der Waals surface area contributed by atoms with E-state index in [-0.39, 0.29) is 12.5 Å². The number of ether oxygens (including phenoxy) is 3. The molecule has 1 aromatic rings. The molecule has 1 aromatic carbocycles. The highest BCUT2D eigenvalue weighted by atomic mass is 32.2. The summed E-state index contributed by atoms with van der Waals surface area (Å²) in [4.78, 5) is 0. The first kappa shape index (κ1) is 14.1. The normalized spacial score (nSPS) is 19.0. The van der Waals surface area contributed by atoms with Crippen molar-refractivity contribution in [2.24, 2.45) is 0 Å². The summed E-state index contributed by atoms with van der Waals surface area (Å²) in [7, 11) is -1.73. The van der Waals surface area contributed by atoms with Crippen LogP contribution in [0, 0.1) is 0 Å². The van der Waals surface area contributed by atoms with E-state index in [4.69, 9.17) is 14.2 Å². The van der Waals surface area contributed by atoms with E-state index in [9.17, 15) is 8.42 Å². The van der Waals surface area contributed by atoms with Crippen LogP contribution in [-0.4, -0.2) is 52.1 Å². The van der Waals surface area contributed by atoms with Gasteiger partial charge in [0.2, 0.25) is 10.0 Å². The van der Waals surface area contributed by atoms with E-state index < -0.39 is 10.0 Å². The van der Waals surface area contributed by atoms with Crippen molar-refractivity contribution in [3.05, 3.63) is 24.3 Å². The summed E-state index contributed by atoms with van der Waals surface area (Å²) in [6, 6.07) is 7.26. The van der Waals surface area contributed by atoms with Crippen LogP contribution >= 0.6 is 0 Å². The van der Waals surface area contributed by atoms with E-state index in [1.807, 2.05) is 12.1 Å². The predicted molar refractivity (Wildman–Crippen MR) is 69.8 cm³/mol. The average molecular weight is 287 g/mol. The lowest BCUT2D eigenvalue weighted by Gasteiger charge is -2.26. The molecule has 0 bridgehead atoms. The van der Waals surface area contributed by atoms with Crippen LogP contribution in [0.25, 0.3) is 0 Å². The van der Waals surface area contributed by atoms with E-state index in [0.29, 0.717) is 31.2 Å². The van der Waals surface area contributed by atoms with Crippen molar-refractivity contribution in [1.29, 1.82) is 0 Å². The lowest BCUT2D eigenvalue weighted by atomic mass is 10.3. The minimum atomic E-state index is -3.29. The maximum atomic E-state index is 11.7. The third kappa shape index (κ3) is 3.59. The Morgan fingerprint density at radius 3 is 2.74 bits per heavy atom. The standard InChI is InChI=1S/C12H17NO5S/c1-16-11-4-2-3-5-12(11)18-9-7-13-6-8-17-10-19(13,14)15/h2-5H,6-10H2,1H3. The third-order valence-corrected chi connectivity index (χ3v) is 4.39. The number of nitrogens with zero attached hydrogens (tertiary/aromatic N) is 1. The fourth-order valence-corrected chi connectivity index (χ4v) is 2.97. The molecule has 7 heteroatoms. The van der Waals surface area contributed by atoms with Crippen molar-refractivity contribution in [3.63, 3.8) is 0 Å². The molecule has 0 saturated carbocycles. The first-order valence-corrected chi connectivity index (χ1v) is 7.56. The van der Waals surface area contributed by atoms with Crippen LogP contribution < -0.4 is 9.47 Å². The van der Waals surface area contributed by atoms with Crippen LogP contribution in [0.3, 0.4) is 0 Å². The highest BCUT2D eigenvalue weighted by Crippen LogP contribution is 2.25. The van der Waals surface area contributed by atoms with Gasteiger partial charge in [0.1, 0.15) is 6.61 Å². The van der Waals surface area contributed by atoms with Crippen LogP contribution in [-0.2, 0) is 14.8 Å². The molecule has 0 aliphatic carbocycles. The SMILES string of the molecule is COc1ccccc1OCCN1CCOCS1(=O)=O. The molecule has 0 spiro atoms. The lowest BCUT2D eigenvalue weighted by molar-refractivity contribution is 0.126. The molecular formula is C12H17NO5S. The van der Waals surface area contributed by atoms with E-state index in [1.165, 1.54) is 4.31 Å². The van der Waals surface area contributed by atoms with E-state index in [2.05, 4.69) is 0 Å². The Balaban J connectivity index is 1.89. The Morgan fingerprint density at radius 1 is 1.32 bits per heavy atom. The maximum absolute atomic E-state index is 11.7. The van der Waals surface area contributed by atoms with Crippen molar-refractivity contribution in [1.82, 2.24) is 4.31 Å². The van der Waals surface area contributed by atoms with Gasteiger partial charge in [-0.15, -0.1) is 0 Å². The van der Waals surface area contributed by atoms with E-state index in [0.717, 1.165) is 0 Å². The molecule has 0 radical (unpaired) electrons. The largest absolute Gasteiger partial charge is 0.493 e. The molecule has 1 saturated heterocycles.